The van der Waals surface area contributed by atoms with Crippen LogP contribution in [0, 0.1) is 11.8 Å². The smallest absolute Gasteiger partial charge is 0.118 e. The largest absolute Gasteiger partial charge is 0.497 e. The van der Waals surface area contributed by atoms with Crippen LogP contribution < -0.4 is 4.74 Å². The van der Waals surface area contributed by atoms with Crippen molar-refractivity contribution in [1.82, 2.24) is 14.5 Å². The predicted molar refractivity (Wildman–Crippen MR) is 104 cm³/mol. The van der Waals surface area contributed by atoms with Crippen LogP contribution in [0.1, 0.15) is 11.4 Å². The van der Waals surface area contributed by atoms with E-state index in [-0.39, 0.29) is 0 Å². The topological polar surface area (TPSA) is 30.3 Å². The predicted octanol–water partition coefficient (Wildman–Crippen LogP) is 3.92. The van der Waals surface area contributed by atoms with Crippen LogP contribution in [0.15, 0.2) is 47.3 Å². The number of methoxy groups -OCH3 is 1. The molecule has 5 heteroatoms. The van der Waals surface area contributed by atoms with E-state index in [4.69, 9.17) is 9.72 Å². The molecule has 4 nitrogen and oxygen atoms in total. The van der Waals surface area contributed by atoms with Gasteiger partial charge >= 0.3 is 0 Å². The maximum Gasteiger partial charge on any atom is 0.118 e. The fourth-order valence-corrected chi connectivity index (χ4v) is 5.15. The zero-order chi connectivity index (χ0) is 17.5. The molecule has 0 spiro atoms. The maximum atomic E-state index is 5.28. The molecule has 0 radical (unpaired) electrons. The second kappa shape index (κ2) is 6.56. The lowest BCUT2D eigenvalue weighted by Crippen LogP contribution is -2.28. The normalized spacial score (nSPS) is 22.2. The summed E-state index contributed by atoms with van der Waals surface area (Å²) < 4.78 is 7.73. The highest BCUT2D eigenvalue weighted by Crippen LogP contribution is 2.36. The summed E-state index contributed by atoms with van der Waals surface area (Å²) in [6, 6.07) is 10.6. The summed E-state index contributed by atoms with van der Waals surface area (Å²) in [5, 5.41) is 4.45. The summed E-state index contributed by atoms with van der Waals surface area (Å²) in [4.78, 5) is 7.37. The number of hydrogen-bond acceptors (Lipinski definition) is 4. The molecule has 2 atom stereocenters. The number of ether oxygens (including phenoxy) is 1. The Bertz CT molecular complexity index is 885. The van der Waals surface area contributed by atoms with Gasteiger partial charge in [0.1, 0.15) is 11.6 Å². The Hall–Kier alpha value is -2.11. The van der Waals surface area contributed by atoms with Gasteiger partial charge in [-0.15, -0.1) is 0 Å². The van der Waals surface area contributed by atoms with Gasteiger partial charge in [-0.3, -0.25) is 4.90 Å². The minimum atomic E-state index is 0.729. The first-order valence-electron chi connectivity index (χ1n) is 9.22. The molecule has 3 aromatic rings. The monoisotopic (exact) mass is 365 g/mol. The molecule has 0 N–H and O–H groups in total. The van der Waals surface area contributed by atoms with E-state index in [0.717, 1.165) is 37.1 Å². The molecule has 5 rings (SSSR count). The molecule has 4 heterocycles. The molecular formula is C21H23N3OS. The third kappa shape index (κ3) is 2.85. The standard InChI is InChI=1S/C21H23N3OS/c1-25-19-4-2-16(3-5-19)20-9-22-21-8-17-11-23(10-15-6-7-26-14-15)12-18(17)13-24(20)21/h2-7,9,14,17-18H,8,10-13H2,1H3/t17-,18+/m0/s1. The van der Waals surface area contributed by atoms with Crippen LogP contribution in [0.3, 0.4) is 0 Å². The van der Waals surface area contributed by atoms with Crippen molar-refractivity contribution in [3.8, 4) is 17.0 Å². The molecule has 1 fully saturated rings. The minimum Gasteiger partial charge on any atom is -0.497 e. The SMILES string of the molecule is COc1ccc(-c2cnc3n2C[C@H]2CN(Cc4ccsc4)C[C@@H]2C3)cc1. The molecule has 0 saturated carbocycles. The Morgan fingerprint density at radius 3 is 2.73 bits per heavy atom. The van der Waals surface area contributed by atoms with Crippen LogP contribution >= 0.6 is 11.3 Å². The number of rotatable bonds is 4. The van der Waals surface area contributed by atoms with Crippen molar-refractivity contribution in [2.45, 2.75) is 19.5 Å². The van der Waals surface area contributed by atoms with Crippen molar-refractivity contribution < 1.29 is 4.74 Å². The van der Waals surface area contributed by atoms with Gasteiger partial charge < -0.3 is 9.30 Å². The average Bonchev–Trinajstić information content (AvgIpc) is 3.39. The van der Waals surface area contributed by atoms with Crippen molar-refractivity contribution in [1.29, 1.82) is 0 Å². The fraction of sp³-hybridized carbons (Fsp3) is 0.381. The maximum absolute atomic E-state index is 5.28. The number of fused-ring (bicyclic) bond motifs is 2. The minimum absolute atomic E-state index is 0.729. The summed E-state index contributed by atoms with van der Waals surface area (Å²) >= 11 is 1.79. The summed E-state index contributed by atoms with van der Waals surface area (Å²) in [7, 11) is 1.71. The van der Waals surface area contributed by atoms with Gasteiger partial charge in [-0.05, 0) is 58.5 Å². The lowest BCUT2D eigenvalue weighted by Gasteiger charge is -2.27. The summed E-state index contributed by atoms with van der Waals surface area (Å²) in [5.74, 6) is 3.61. The first-order valence-corrected chi connectivity index (χ1v) is 10.2. The van der Waals surface area contributed by atoms with Crippen molar-refractivity contribution in [2.24, 2.45) is 11.8 Å². The van der Waals surface area contributed by atoms with Crippen molar-refractivity contribution in [2.75, 3.05) is 20.2 Å². The molecule has 134 valence electrons. The average molecular weight is 366 g/mol. The van der Waals surface area contributed by atoms with E-state index >= 15 is 0 Å². The van der Waals surface area contributed by atoms with E-state index in [1.54, 1.807) is 18.4 Å². The van der Waals surface area contributed by atoms with Crippen LogP contribution in [0.5, 0.6) is 5.75 Å². The Morgan fingerprint density at radius 1 is 1.12 bits per heavy atom. The molecule has 2 aromatic heterocycles. The zero-order valence-electron chi connectivity index (χ0n) is 15.0. The van der Waals surface area contributed by atoms with Crippen LogP contribution in [0.2, 0.25) is 0 Å². The summed E-state index contributed by atoms with van der Waals surface area (Å²) in [6.07, 6.45) is 3.14. The van der Waals surface area contributed by atoms with E-state index in [0.29, 0.717) is 0 Å². The lowest BCUT2D eigenvalue weighted by atomic mass is 9.89. The van der Waals surface area contributed by atoms with E-state index in [1.807, 2.05) is 18.3 Å². The second-order valence-electron chi connectivity index (χ2n) is 7.45. The van der Waals surface area contributed by atoms with E-state index in [1.165, 1.54) is 35.7 Å². The van der Waals surface area contributed by atoms with E-state index in [2.05, 4.69) is 38.4 Å². The second-order valence-corrected chi connectivity index (χ2v) is 8.23. The number of likely N-dealkylation sites (tertiary alicyclic amines) is 1. The zero-order valence-corrected chi connectivity index (χ0v) is 15.8. The van der Waals surface area contributed by atoms with Gasteiger partial charge in [-0.2, -0.15) is 11.3 Å². The highest BCUT2D eigenvalue weighted by Gasteiger charge is 2.37. The Kier molecular flexibility index (Phi) is 4.06. The van der Waals surface area contributed by atoms with Gasteiger partial charge in [-0.25, -0.2) is 4.98 Å². The third-order valence-electron chi connectivity index (χ3n) is 5.82. The highest BCUT2D eigenvalue weighted by molar-refractivity contribution is 7.07. The van der Waals surface area contributed by atoms with Gasteiger partial charge in [0.2, 0.25) is 0 Å². The van der Waals surface area contributed by atoms with Gasteiger partial charge in [0.15, 0.2) is 0 Å². The quantitative estimate of drug-likeness (QED) is 0.702. The van der Waals surface area contributed by atoms with E-state index in [9.17, 15) is 0 Å². The molecule has 1 saturated heterocycles. The number of nitrogens with zero attached hydrogens (tertiary/aromatic N) is 3. The highest BCUT2D eigenvalue weighted by atomic mass is 32.1. The molecule has 0 bridgehead atoms. The molecule has 0 amide bonds. The molecule has 2 aliphatic heterocycles. The van der Waals surface area contributed by atoms with Crippen molar-refractivity contribution in [3.63, 3.8) is 0 Å². The van der Waals surface area contributed by atoms with Gasteiger partial charge in [0, 0.05) is 38.2 Å². The van der Waals surface area contributed by atoms with Crippen LogP contribution in [-0.2, 0) is 19.5 Å². The van der Waals surface area contributed by atoms with Gasteiger partial charge in [0.05, 0.1) is 19.0 Å². The Labute approximate surface area is 158 Å². The fourth-order valence-electron chi connectivity index (χ4n) is 4.49. The van der Waals surface area contributed by atoms with Gasteiger partial charge in [-0.1, -0.05) is 0 Å². The first-order chi connectivity index (χ1) is 12.8. The number of thiophene rings is 1. The number of imidazole rings is 1. The number of benzene rings is 1. The molecule has 2 aliphatic rings. The Morgan fingerprint density at radius 2 is 1.96 bits per heavy atom. The third-order valence-corrected chi connectivity index (χ3v) is 6.56. The van der Waals surface area contributed by atoms with E-state index < -0.39 is 0 Å². The number of hydrogen-bond donors (Lipinski definition) is 0. The molecule has 0 aliphatic carbocycles. The molecule has 1 aromatic carbocycles. The molecule has 26 heavy (non-hydrogen) atoms. The molecular weight excluding hydrogens is 342 g/mol. The van der Waals surface area contributed by atoms with Gasteiger partial charge in [0.25, 0.3) is 0 Å². The van der Waals surface area contributed by atoms with Crippen molar-refractivity contribution in [3.05, 3.63) is 58.7 Å². The Balaban J connectivity index is 1.35. The van der Waals surface area contributed by atoms with Crippen LogP contribution in [0.25, 0.3) is 11.3 Å². The number of aromatic nitrogens is 2. The summed E-state index contributed by atoms with van der Waals surface area (Å²) in [5.41, 5.74) is 3.90. The van der Waals surface area contributed by atoms with Crippen LogP contribution in [0.4, 0.5) is 0 Å². The lowest BCUT2D eigenvalue weighted by molar-refractivity contribution is 0.307. The molecule has 0 unspecified atom stereocenters. The van der Waals surface area contributed by atoms with Crippen LogP contribution in [-0.4, -0.2) is 34.7 Å². The first kappa shape index (κ1) is 16.1. The summed E-state index contributed by atoms with van der Waals surface area (Å²) in [6.45, 7) is 4.57. The van der Waals surface area contributed by atoms with Crippen molar-refractivity contribution >= 4 is 11.3 Å².